The lowest BCUT2D eigenvalue weighted by Crippen LogP contribution is -1.96. The molecule has 1 heterocycles. The SMILES string of the molecule is Nc1cccc2oc(Cc3ccccc3[N+](=O)[O-])nc12. The second-order valence-corrected chi connectivity index (χ2v) is 4.36. The van der Waals surface area contributed by atoms with Crippen LogP contribution in [0.4, 0.5) is 11.4 Å². The third kappa shape index (κ3) is 2.07. The first-order valence-corrected chi connectivity index (χ1v) is 6.01. The van der Waals surface area contributed by atoms with Gasteiger partial charge in [-0.2, -0.15) is 0 Å². The number of aromatic nitrogens is 1. The molecule has 0 bridgehead atoms. The number of nitrogens with two attached hydrogens (primary N) is 1. The van der Waals surface area contributed by atoms with Crippen LogP contribution in [-0.2, 0) is 6.42 Å². The van der Waals surface area contributed by atoms with E-state index in [0.717, 1.165) is 0 Å². The number of oxazole rings is 1. The molecule has 0 aliphatic carbocycles. The minimum atomic E-state index is -0.410. The molecule has 0 aliphatic rings. The van der Waals surface area contributed by atoms with Crippen LogP contribution in [0.1, 0.15) is 11.5 Å². The molecule has 100 valence electrons. The Labute approximate surface area is 114 Å². The van der Waals surface area contributed by atoms with E-state index in [-0.39, 0.29) is 12.1 Å². The molecule has 0 aliphatic heterocycles. The first kappa shape index (κ1) is 12.2. The van der Waals surface area contributed by atoms with Crippen molar-refractivity contribution in [1.82, 2.24) is 4.98 Å². The highest BCUT2D eigenvalue weighted by molar-refractivity contribution is 5.85. The third-order valence-corrected chi connectivity index (χ3v) is 3.02. The molecule has 6 heteroatoms. The van der Waals surface area contributed by atoms with Crippen LogP contribution in [0.25, 0.3) is 11.1 Å². The summed E-state index contributed by atoms with van der Waals surface area (Å²) in [5.41, 5.74) is 8.12. The molecule has 1 aromatic heterocycles. The van der Waals surface area contributed by atoms with Crippen LogP contribution in [0.2, 0.25) is 0 Å². The van der Waals surface area contributed by atoms with E-state index in [2.05, 4.69) is 4.98 Å². The van der Waals surface area contributed by atoms with E-state index in [1.807, 2.05) is 0 Å². The van der Waals surface area contributed by atoms with Gasteiger partial charge in [-0.1, -0.05) is 24.3 Å². The summed E-state index contributed by atoms with van der Waals surface area (Å²) in [6, 6.07) is 11.8. The van der Waals surface area contributed by atoms with Crippen LogP contribution < -0.4 is 5.73 Å². The van der Waals surface area contributed by atoms with Crippen LogP contribution >= 0.6 is 0 Å². The highest BCUT2D eigenvalue weighted by atomic mass is 16.6. The van der Waals surface area contributed by atoms with Crippen molar-refractivity contribution in [2.75, 3.05) is 5.73 Å². The number of nitro groups is 1. The second kappa shape index (κ2) is 4.65. The quantitative estimate of drug-likeness (QED) is 0.448. The van der Waals surface area contributed by atoms with Gasteiger partial charge in [-0.15, -0.1) is 0 Å². The maximum Gasteiger partial charge on any atom is 0.273 e. The number of fused-ring (bicyclic) bond motifs is 1. The Morgan fingerprint density at radius 2 is 2.00 bits per heavy atom. The highest BCUT2D eigenvalue weighted by Gasteiger charge is 2.16. The Hall–Kier alpha value is -2.89. The average Bonchev–Trinajstić information content (AvgIpc) is 2.83. The molecule has 0 radical (unpaired) electrons. The number of anilines is 1. The zero-order valence-corrected chi connectivity index (χ0v) is 10.4. The van der Waals surface area contributed by atoms with E-state index in [4.69, 9.17) is 10.2 Å². The summed E-state index contributed by atoms with van der Waals surface area (Å²) in [6.45, 7) is 0. The fourth-order valence-corrected chi connectivity index (χ4v) is 2.09. The molecule has 2 N–H and O–H groups in total. The van der Waals surface area contributed by atoms with Crippen LogP contribution in [0.5, 0.6) is 0 Å². The summed E-state index contributed by atoms with van der Waals surface area (Å²) >= 11 is 0. The number of benzene rings is 2. The number of nitro benzene ring substituents is 1. The summed E-state index contributed by atoms with van der Waals surface area (Å²) in [7, 11) is 0. The van der Waals surface area contributed by atoms with Crippen LogP contribution in [0, 0.1) is 10.1 Å². The first-order chi connectivity index (χ1) is 9.65. The van der Waals surface area contributed by atoms with Crippen molar-refractivity contribution >= 4 is 22.5 Å². The summed E-state index contributed by atoms with van der Waals surface area (Å²) in [5, 5.41) is 11.0. The van der Waals surface area contributed by atoms with Gasteiger partial charge in [0.05, 0.1) is 17.0 Å². The van der Waals surface area contributed by atoms with Gasteiger partial charge < -0.3 is 10.2 Å². The van der Waals surface area contributed by atoms with Crippen LogP contribution in [0.3, 0.4) is 0 Å². The molecule has 0 saturated carbocycles. The number of nitrogen functional groups attached to an aromatic ring is 1. The van der Waals surface area contributed by atoms with E-state index in [1.54, 1.807) is 36.4 Å². The third-order valence-electron chi connectivity index (χ3n) is 3.02. The number of para-hydroxylation sites is 2. The van der Waals surface area contributed by atoms with Gasteiger partial charge in [0.25, 0.3) is 5.69 Å². The van der Waals surface area contributed by atoms with Crippen molar-refractivity contribution in [1.29, 1.82) is 0 Å². The van der Waals surface area contributed by atoms with Gasteiger partial charge in [-0.25, -0.2) is 4.98 Å². The molecular formula is C14H11N3O3. The number of nitrogens with zero attached hydrogens (tertiary/aromatic N) is 2. The van der Waals surface area contributed by atoms with E-state index in [0.29, 0.717) is 28.2 Å². The number of rotatable bonds is 3. The second-order valence-electron chi connectivity index (χ2n) is 4.36. The van der Waals surface area contributed by atoms with Crippen molar-refractivity contribution in [3.63, 3.8) is 0 Å². The maximum atomic E-state index is 11.0. The monoisotopic (exact) mass is 269 g/mol. The average molecular weight is 269 g/mol. The van der Waals surface area contributed by atoms with Gasteiger partial charge in [-0.05, 0) is 12.1 Å². The summed E-state index contributed by atoms with van der Waals surface area (Å²) in [6.07, 6.45) is 0.255. The predicted octanol–water partition coefficient (Wildman–Crippen LogP) is 2.91. The Bertz CT molecular complexity index is 795. The van der Waals surface area contributed by atoms with Crippen molar-refractivity contribution < 1.29 is 9.34 Å². The molecule has 0 atom stereocenters. The van der Waals surface area contributed by atoms with Gasteiger partial charge in [0, 0.05) is 11.6 Å². The fourth-order valence-electron chi connectivity index (χ4n) is 2.09. The molecular weight excluding hydrogens is 258 g/mol. The molecule has 20 heavy (non-hydrogen) atoms. The zero-order valence-electron chi connectivity index (χ0n) is 10.4. The molecule has 2 aromatic carbocycles. The van der Waals surface area contributed by atoms with Gasteiger partial charge in [0.1, 0.15) is 5.52 Å². The highest BCUT2D eigenvalue weighted by Crippen LogP contribution is 2.25. The molecule has 0 unspecified atom stereocenters. The standard InChI is InChI=1S/C14H11N3O3/c15-10-5-3-7-12-14(10)16-13(20-12)8-9-4-1-2-6-11(9)17(18)19/h1-7H,8,15H2. The first-order valence-electron chi connectivity index (χ1n) is 6.01. The lowest BCUT2D eigenvalue weighted by molar-refractivity contribution is -0.385. The molecule has 3 rings (SSSR count). The molecule has 0 amide bonds. The van der Waals surface area contributed by atoms with Crippen LogP contribution in [-0.4, -0.2) is 9.91 Å². The van der Waals surface area contributed by atoms with Crippen molar-refractivity contribution in [3.05, 3.63) is 64.0 Å². The van der Waals surface area contributed by atoms with E-state index in [1.165, 1.54) is 6.07 Å². The molecule has 0 saturated heterocycles. The lowest BCUT2D eigenvalue weighted by Gasteiger charge is -1.99. The fraction of sp³-hybridized carbons (Fsp3) is 0.0714. The normalized spacial score (nSPS) is 10.8. The molecule has 0 spiro atoms. The van der Waals surface area contributed by atoms with Gasteiger partial charge in [0.15, 0.2) is 11.5 Å². The maximum absolute atomic E-state index is 11.0. The summed E-state index contributed by atoms with van der Waals surface area (Å²) < 4.78 is 5.57. The largest absolute Gasteiger partial charge is 0.440 e. The number of hydrogen-bond acceptors (Lipinski definition) is 5. The Morgan fingerprint density at radius 3 is 2.75 bits per heavy atom. The number of hydrogen-bond donors (Lipinski definition) is 1. The zero-order chi connectivity index (χ0) is 14.1. The van der Waals surface area contributed by atoms with Crippen molar-refractivity contribution in [3.8, 4) is 0 Å². The lowest BCUT2D eigenvalue weighted by atomic mass is 10.1. The van der Waals surface area contributed by atoms with Crippen molar-refractivity contribution in [2.24, 2.45) is 0 Å². The minimum absolute atomic E-state index is 0.0581. The topological polar surface area (TPSA) is 95.2 Å². The minimum Gasteiger partial charge on any atom is -0.440 e. The van der Waals surface area contributed by atoms with E-state index >= 15 is 0 Å². The summed E-state index contributed by atoms with van der Waals surface area (Å²) in [5.74, 6) is 0.409. The molecule has 3 aromatic rings. The Balaban J connectivity index is 2.02. The Kier molecular flexibility index (Phi) is 2.83. The van der Waals surface area contributed by atoms with E-state index in [9.17, 15) is 10.1 Å². The molecule has 0 fully saturated rings. The van der Waals surface area contributed by atoms with Gasteiger partial charge >= 0.3 is 0 Å². The van der Waals surface area contributed by atoms with Gasteiger partial charge in [-0.3, -0.25) is 10.1 Å². The van der Waals surface area contributed by atoms with E-state index < -0.39 is 4.92 Å². The van der Waals surface area contributed by atoms with Gasteiger partial charge in [0.2, 0.25) is 0 Å². The smallest absolute Gasteiger partial charge is 0.273 e. The van der Waals surface area contributed by atoms with Crippen LogP contribution in [0.15, 0.2) is 46.9 Å². The summed E-state index contributed by atoms with van der Waals surface area (Å²) in [4.78, 5) is 14.9. The predicted molar refractivity (Wildman–Crippen MR) is 74.3 cm³/mol. The molecule has 6 nitrogen and oxygen atoms in total. The van der Waals surface area contributed by atoms with Crippen molar-refractivity contribution in [2.45, 2.75) is 6.42 Å². The Morgan fingerprint density at radius 1 is 1.20 bits per heavy atom.